The van der Waals surface area contributed by atoms with Crippen molar-refractivity contribution in [2.45, 2.75) is 13.3 Å². The number of morpholine rings is 1. The summed E-state index contributed by atoms with van der Waals surface area (Å²) < 4.78 is 17.0. The van der Waals surface area contributed by atoms with E-state index in [2.05, 4.69) is 10.2 Å². The normalized spacial score (nSPS) is 13.7. The van der Waals surface area contributed by atoms with Crippen LogP contribution < -0.4 is 14.8 Å². The molecule has 0 saturated carbocycles. The van der Waals surface area contributed by atoms with Crippen LogP contribution in [-0.2, 0) is 9.53 Å². The summed E-state index contributed by atoms with van der Waals surface area (Å²) in [7, 11) is 0. The molecule has 0 unspecified atom stereocenters. The van der Waals surface area contributed by atoms with Crippen LogP contribution in [0.1, 0.15) is 27.9 Å². The Labute approximate surface area is 222 Å². The highest BCUT2D eigenvalue weighted by atomic mass is 35.5. The highest BCUT2D eigenvalue weighted by Crippen LogP contribution is 2.26. The number of halogens is 1. The second kappa shape index (κ2) is 13.2. The van der Waals surface area contributed by atoms with Crippen molar-refractivity contribution < 1.29 is 23.8 Å². The molecule has 1 fully saturated rings. The van der Waals surface area contributed by atoms with E-state index >= 15 is 0 Å². The first kappa shape index (κ1) is 26.7. The topological polar surface area (TPSA) is 77.1 Å². The van der Waals surface area contributed by atoms with E-state index < -0.39 is 0 Å². The van der Waals surface area contributed by atoms with E-state index in [4.69, 9.17) is 25.8 Å². The van der Waals surface area contributed by atoms with Gasteiger partial charge in [-0.2, -0.15) is 0 Å². The summed E-state index contributed by atoms with van der Waals surface area (Å²) in [6, 6.07) is 19.2. The van der Waals surface area contributed by atoms with Crippen LogP contribution in [0.5, 0.6) is 11.5 Å². The molecule has 0 spiro atoms. The van der Waals surface area contributed by atoms with Gasteiger partial charge in [-0.25, -0.2) is 0 Å². The lowest BCUT2D eigenvalue weighted by Gasteiger charge is -2.26. The quantitative estimate of drug-likeness (QED) is 0.282. The number of amides is 1. The number of anilines is 1. The Hall–Kier alpha value is -3.39. The van der Waals surface area contributed by atoms with Crippen LogP contribution in [0, 0.1) is 6.92 Å². The Morgan fingerprint density at radius 3 is 2.54 bits per heavy atom. The molecule has 1 aliphatic rings. The molecule has 1 saturated heterocycles. The molecule has 3 aromatic rings. The first-order chi connectivity index (χ1) is 18.0. The van der Waals surface area contributed by atoms with Gasteiger partial charge in [0.2, 0.25) is 0 Å². The maximum atomic E-state index is 12.9. The molecule has 0 radical (unpaired) electrons. The minimum Gasteiger partial charge on any atom is -0.494 e. The van der Waals surface area contributed by atoms with Gasteiger partial charge in [0.1, 0.15) is 11.5 Å². The summed E-state index contributed by atoms with van der Waals surface area (Å²) in [5.41, 5.74) is 2.37. The van der Waals surface area contributed by atoms with Crippen LogP contribution in [0.4, 0.5) is 5.69 Å². The fraction of sp³-hybridized carbons (Fsp3) is 0.310. The smallest absolute Gasteiger partial charge is 0.262 e. The Morgan fingerprint density at radius 1 is 1.00 bits per heavy atom. The van der Waals surface area contributed by atoms with Gasteiger partial charge in [0.25, 0.3) is 5.91 Å². The molecule has 0 aromatic heterocycles. The predicted molar refractivity (Wildman–Crippen MR) is 144 cm³/mol. The Morgan fingerprint density at radius 2 is 1.78 bits per heavy atom. The van der Waals surface area contributed by atoms with E-state index in [9.17, 15) is 9.59 Å². The van der Waals surface area contributed by atoms with Gasteiger partial charge in [0, 0.05) is 35.9 Å². The third kappa shape index (κ3) is 7.79. The number of nitrogens with one attached hydrogen (secondary N) is 1. The first-order valence-corrected chi connectivity index (χ1v) is 12.7. The van der Waals surface area contributed by atoms with Gasteiger partial charge in [-0.1, -0.05) is 41.9 Å². The molecule has 0 atom stereocenters. The number of ether oxygens (including phenoxy) is 3. The number of nitrogens with zero attached hydrogens (tertiary/aromatic N) is 1. The van der Waals surface area contributed by atoms with Gasteiger partial charge >= 0.3 is 0 Å². The maximum absolute atomic E-state index is 12.9. The van der Waals surface area contributed by atoms with Crippen molar-refractivity contribution in [3.63, 3.8) is 0 Å². The molecular formula is C29H31ClN2O5. The average molecular weight is 523 g/mol. The zero-order chi connectivity index (χ0) is 26.0. The molecular weight excluding hydrogens is 492 g/mol. The largest absolute Gasteiger partial charge is 0.494 e. The third-order valence-electron chi connectivity index (χ3n) is 6.04. The number of carbonyl (C=O) groups excluding carboxylic acids is 2. The fourth-order valence-electron chi connectivity index (χ4n) is 4.05. The van der Waals surface area contributed by atoms with Crippen LogP contribution in [0.2, 0.25) is 5.02 Å². The second-order valence-electron chi connectivity index (χ2n) is 8.81. The Balaban J connectivity index is 1.28. The lowest BCUT2D eigenvalue weighted by molar-refractivity contribution is -0.118. The molecule has 1 N–H and O–H groups in total. The summed E-state index contributed by atoms with van der Waals surface area (Å²) in [6.07, 6.45) is 0.939. The van der Waals surface area contributed by atoms with Crippen LogP contribution in [0.25, 0.3) is 0 Å². The monoisotopic (exact) mass is 522 g/mol. The fourth-order valence-corrected chi connectivity index (χ4v) is 4.22. The molecule has 1 amide bonds. The number of ketones is 1. The molecule has 0 bridgehead atoms. The molecule has 8 heteroatoms. The van der Waals surface area contributed by atoms with Crippen LogP contribution >= 0.6 is 11.6 Å². The molecule has 1 heterocycles. The minimum absolute atomic E-state index is 0.227. The molecule has 1 aliphatic heterocycles. The standard InChI is InChI=1S/C29H31ClN2O5/c1-21-18-24(36-15-5-12-32-13-16-35-17-14-32)9-10-26(21)31-28(33)20-37-27-11-8-23(30)19-25(27)29(34)22-6-3-2-4-7-22/h2-4,6-11,18-19H,5,12-17,20H2,1H3,(H,31,33). The zero-order valence-corrected chi connectivity index (χ0v) is 21.6. The number of hydrogen-bond donors (Lipinski definition) is 1. The summed E-state index contributed by atoms with van der Waals surface area (Å²) in [5.74, 6) is 0.495. The van der Waals surface area contributed by atoms with Crippen molar-refractivity contribution in [1.82, 2.24) is 4.90 Å². The van der Waals surface area contributed by atoms with Gasteiger partial charge in [0.15, 0.2) is 12.4 Å². The highest BCUT2D eigenvalue weighted by Gasteiger charge is 2.17. The highest BCUT2D eigenvalue weighted by molar-refractivity contribution is 6.31. The summed E-state index contributed by atoms with van der Waals surface area (Å²) in [4.78, 5) is 27.9. The molecule has 7 nitrogen and oxygen atoms in total. The number of hydrogen-bond acceptors (Lipinski definition) is 6. The number of carbonyl (C=O) groups is 2. The minimum atomic E-state index is -0.338. The van der Waals surface area contributed by atoms with Crippen LogP contribution in [0.3, 0.4) is 0 Å². The van der Waals surface area contributed by atoms with Crippen molar-refractivity contribution in [2.75, 3.05) is 51.4 Å². The van der Waals surface area contributed by atoms with E-state index in [1.807, 2.05) is 31.2 Å². The van der Waals surface area contributed by atoms with E-state index in [0.29, 0.717) is 34.2 Å². The predicted octanol–water partition coefficient (Wildman–Crippen LogP) is 5.00. The second-order valence-corrected chi connectivity index (χ2v) is 9.24. The maximum Gasteiger partial charge on any atom is 0.262 e. The van der Waals surface area contributed by atoms with Gasteiger partial charge < -0.3 is 19.5 Å². The van der Waals surface area contributed by atoms with E-state index in [1.165, 1.54) is 0 Å². The van der Waals surface area contributed by atoms with Crippen molar-refractivity contribution in [1.29, 1.82) is 0 Å². The number of rotatable bonds is 11. The number of aryl methyl sites for hydroxylation is 1. The zero-order valence-electron chi connectivity index (χ0n) is 20.9. The van der Waals surface area contributed by atoms with E-state index in [-0.39, 0.29) is 18.3 Å². The van der Waals surface area contributed by atoms with Crippen molar-refractivity contribution in [2.24, 2.45) is 0 Å². The van der Waals surface area contributed by atoms with Gasteiger partial charge in [-0.15, -0.1) is 0 Å². The number of benzene rings is 3. The lowest BCUT2D eigenvalue weighted by atomic mass is 10.0. The van der Waals surface area contributed by atoms with E-state index in [0.717, 1.165) is 50.6 Å². The molecule has 37 heavy (non-hydrogen) atoms. The molecule has 3 aromatic carbocycles. The van der Waals surface area contributed by atoms with Crippen molar-refractivity contribution in [3.8, 4) is 11.5 Å². The third-order valence-corrected chi connectivity index (χ3v) is 6.28. The van der Waals surface area contributed by atoms with E-state index in [1.54, 1.807) is 42.5 Å². The van der Waals surface area contributed by atoms with Gasteiger partial charge in [0.05, 0.1) is 25.4 Å². The summed E-state index contributed by atoms with van der Waals surface area (Å²) >= 11 is 6.12. The molecule has 0 aliphatic carbocycles. The van der Waals surface area contributed by atoms with Crippen LogP contribution in [0.15, 0.2) is 66.7 Å². The van der Waals surface area contributed by atoms with Gasteiger partial charge in [-0.3, -0.25) is 14.5 Å². The Bertz CT molecular complexity index is 1210. The first-order valence-electron chi connectivity index (χ1n) is 12.3. The lowest BCUT2D eigenvalue weighted by Crippen LogP contribution is -2.37. The SMILES string of the molecule is Cc1cc(OCCCN2CCOCC2)ccc1NC(=O)COc1ccc(Cl)cc1C(=O)c1ccccc1. The van der Waals surface area contributed by atoms with Crippen molar-refractivity contribution in [3.05, 3.63) is 88.4 Å². The van der Waals surface area contributed by atoms with Crippen LogP contribution in [-0.4, -0.2) is 62.7 Å². The average Bonchev–Trinajstić information content (AvgIpc) is 2.92. The van der Waals surface area contributed by atoms with Gasteiger partial charge in [-0.05, 0) is 55.3 Å². The molecule has 4 rings (SSSR count). The van der Waals surface area contributed by atoms with Crippen molar-refractivity contribution >= 4 is 29.0 Å². The Kier molecular flexibility index (Phi) is 9.54. The molecule has 194 valence electrons. The summed E-state index contributed by atoms with van der Waals surface area (Å²) in [5, 5.41) is 3.27. The summed E-state index contributed by atoms with van der Waals surface area (Å²) in [6.45, 7) is 6.81.